The van der Waals surface area contributed by atoms with Gasteiger partial charge >= 0.3 is 5.97 Å². The van der Waals surface area contributed by atoms with E-state index in [0.717, 1.165) is 22.0 Å². The van der Waals surface area contributed by atoms with Crippen LogP contribution in [0.15, 0.2) is 83.6 Å². The summed E-state index contributed by atoms with van der Waals surface area (Å²) in [5.41, 5.74) is 4.38. The van der Waals surface area contributed by atoms with Crippen molar-refractivity contribution in [2.24, 2.45) is 5.10 Å². The van der Waals surface area contributed by atoms with Crippen LogP contribution in [0.2, 0.25) is 10.0 Å². The van der Waals surface area contributed by atoms with Crippen LogP contribution in [0.1, 0.15) is 28.4 Å². The summed E-state index contributed by atoms with van der Waals surface area (Å²) in [5, 5.41) is 16.9. The van der Waals surface area contributed by atoms with Gasteiger partial charge in [-0.05, 0) is 55.0 Å². The van der Waals surface area contributed by atoms with E-state index in [1.54, 1.807) is 25.1 Å². The third-order valence-electron chi connectivity index (χ3n) is 5.86. The Morgan fingerprint density at radius 2 is 1.83 bits per heavy atom. The van der Waals surface area contributed by atoms with Crippen molar-refractivity contribution in [3.8, 4) is 0 Å². The number of carboxylic acids is 1. The number of rotatable bonds is 5. The summed E-state index contributed by atoms with van der Waals surface area (Å²) in [6, 6.07) is 19.7. The number of hydrazone groups is 1. The van der Waals surface area contributed by atoms with Crippen molar-refractivity contribution < 1.29 is 14.7 Å². The molecule has 1 aromatic heterocycles. The fraction of sp³-hybridized carbons (Fsp3) is 0.0741. The maximum Gasteiger partial charge on any atom is 0.335 e. The average Bonchev–Trinajstić information content (AvgIpc) is 3.34. The smallest absolute Gasteiger partial charge is 0.335 e. The van der Waals surface area contributed by atoms with Gasteiger partial charge in [-0.1, -0.05) is 53.5 Å². The summed E-state index contributed by atoms with van der Waals surface area (Å²) < 4.78 is 2.10. The molecular formula is C27H19Cl2N3O3. The number of hydrogen-bond acceptors (Lipinski definition) is 3. The van der Waals surface area contributed by atoms with E-state index in [0.29, 0.717) is 33.6 Å². The van der Waals surface area contributed by atoms with Gasteiger partial charge in [0.15, 0.2) is 0 Å². The summed E-state index contributed by atoms with van der Waals surface area (Å²) in [7, 11) is 0. The van der Waals surface area contributed by atoms with Crippen molar-refractivity contribution in [1.82, 2.24) is 4.57 Å². The van der Waals surface area contributed by atoms with Crippen molar-refractivity contribution in [1.29, 1.82) is 0 Å². The molecule has 5 rings (SSSR count). The van der Waals surface area contributed by atoms with Crippen molar-refractivity contribution in [2.45, 2.75) is 13.5 Å². The molecule has 1 amide bonds. The first-order chi connectivity index (χ1) is 16.8. The fourth-order valence-corrected chi connectivity index (χ4v) is 4.46. The van der Waals surface area contributed by atoms with Crippen LogP contribution in [0.25, 0.3) is 17.0 Å². The number of aromatic carboxylic acids is 1. The molecule has 1 aliphatic rings. The van der Waals surface area contributed by atoms with Crippen molar-refractivity contribution in [3.63, 3.8) is 0 Å². The monoisotopic (exact) mass is 503 g/mol. The highest BCUT2D eigenvalue weighted by molar-refractivity contribution is 6.42. The number of anilines is 1. The molecule has 6 nitrogen and oxygen atoms in total. The number of benzene rings is 3. The van der Waals surface area contributed by atoms with E-state index in [4.69, 9.17) is 23.2 Å². The van der Waals surface area contributed by atoms with Gasteiger partial charge in [-0.25, -0.2) is 4.79 Å². The fourth-order valence-electron chi connectivity index (χ4n) is 4.14. The predicted molar refractivity (Wildman–Crippen MR) is 139 cm³/mol. The number of halogens is 2. The molecule has 0 fully saturated rings. The molecule has 8 heteroatoms. The molecule has 2 heterocycles. The first-order valence-electron chi connectivity index (χ1n) is 10.8. The number of para-hydroxylation sites is 1. The SMILES string of the molecule is CC1=NN(c2cccc(C(=O)O)c2)C(=O)/C1=C\c1cn(Cc2ccc(Cl)c(Cl)c2)c2ccccc12. The highest BCUT2D eigenvalue weighted by Gasteiger charge is 2.29. The molecule has 174 valence electrons. The van der Waals surface area contributed by atoms with Gasteiger partial charge in [0.05, 0.1) is 32.6 Å². The van der Waals surface area contributed by atoms with Gasteiger partial charge in [0.2, 0.25) is 0 Å². The van der Waals surface area contributed by atoms with Gasteiger partial charge in [-0.2, -0.15) is 10.1 Å². The molecule has 0 atom stereocenters. The number of carbonyl (C=O) groups is 2. The Morgan fingerprint density at radius 3 is 2.60 bits per heavy atom. The summed E-state index contributed by atoms with van der Waals surface area (Å²) in [4.78, 5) is 24.6. The molecule has 0 spiro atoms. The van der Waals surface area contributed by atoms with Gasteiger partial charge < -0.3 is 9.67 Å². The molecule has 0 radical (unpaired) electrons. The molecule has 4 aromatic rings. The predicted octanol–water partition coefficient (Wildman–Crippen LogP) is 6.50. The highest BCUT2D eigenvalue weighted by Crippen LogP contribution is 2.30. The van der Waals surface area contributed by atoms with Crippen LogP contribution in [0.5, 0.6) is 0 Å². The molecule has 0 unspecified atom stereocenters. The minimum Gasteiger partial charge on any atom is -0.478 e. The molecule has 0 aliphatic carbocycles. The van der Waals surface area contributed by atoms with Crippen LogP contribution in [0.3, 0.4) is 0 Å². The summed E-state index contributed by atoms with van der Waals surface area (Å²) in [6.45, 7) is 2.34. The molecule has 1 aliphatic heterocycles. The van der Waals surface area contributed by atoms with Gasteiger partial charge in [0.25, 0.3) is 5.91 Å². The number of fused-ring (bicyclic) bond motifs is 1. The van der Waals surface area contributed by atoms with E-state index in [1.807, 2.05) is 48.7 Å². The number of carbonyl (C=O) groups excluding carboxylic acids is 1. The average molecular weight is 504 g/mol. The van der Waals surface area contributed by atoms with Crippen LogP contribution in [0, 0.1) is 0 Å². The molecule has 0 bridgehead atoms. The Morgan fingerprint density at radius 1 is 1.03 bits per heavy atom. The Balaban J connectivity index is 1.52. The van der Waals surface area contributed by atoms with E-state index in [-0.39, 0.29) is 11.5 Å². The normalized spacial score (nSPS) is 14.7. The highest BCUT2D eigenvalue weighted by atomic mass is 35.5. The van der Waals surface area contributed by atoms with E-state index in [9.17, 15) is 14.7 Å². The van der Waals surface area contributed by atoms with Crippen LogP contribution in [0.4, 0.5) is 5.69 Å². The van der Waals surface area contributed by atoms with Crippen molar-refractivity contribution in [2.75, 3.05) is 5.01 Å². The number of nitrogens with zero attached hydrogens (tertiary/aromatic N) is 3. The summed E-state index contributed by atoms with van der Waals surface area (Å²) >= 11 is 12.3. The topological polar surface area (TPSA) is 74.9 Å². The third-order valence-corrected chi connectivity index (χ3v) is 6.60. The second-order valence-electron chi connectivity index (χ2n) is 8.19. The largest absolute Gasteiger partial charge is 0.478 e. The minimum absolute atomic E-state index is 0.0888. The lowest BCUT2D eigenvalue weighted by Crippen LogP contribution is -2.21. The van der Waals surface area contributed by atoms with Gasteiger partial charge in [-0.3, -0.25) is 4.79 Å². The second kappa shape index (κ2) is 9.06. The van der Waals surface area contributed by atoms with Gasteiger partial charge in [0, 0.05) is 29.2 Å². The quantitative estimate of drug-likeness (QED) is 0.315. The lowest BCUT2D eigenvalue weighted by atomic mass is 10.1. The minimum atomic E-state index is -1.07. The first-order valence-corrected chi connectivity index (χ1v) is 11.5. The Bertz CT molecular complexity index is 1570. The van der Waals surface area contributed by atoms with Crippen LogP contribution in [-0.2, 0) is 11.3 Å². The Labute approximate surface area is 211 Å². The van der Waals surface area contributed by atoms with Crippen LogP contribution >= 0.6 is 23.2 Å². The van der Waals surface area contributed by atoms with Gasteiger partial charge in [0.1, 0.15) is 0 Å². The first kappa shape index (κ1) is 22.9. The zero-order valence-corrected chi connectivity index (χ0v) is 20.1. The Kier molecular flexibility index (Phi) is 5.93. The zero-order chi connectivity index (χ0) is 24.7. The summed E-state index contributed by atoms with van der Waals surface area (Å²) in [5.74, 6) is -1.38. The maximum atomic E-state index is 13.3. The zero-order valence-electron chi connectivity index (χ0n) is 18.6. The van der Waals surface area contributed by atoms with Crippen molar-refractivity contribution in [3.05, 3.63) is 105 Å². The van der Waals surface area contributed by atoms with E-state index in [1.165, 1.54) is 17.1 Å². The number of hydrogen-bond donors (Lipinski definition) is 1. The molecule has 3 aromatic carbocycles. The van der Waals surface area contributed by atoms with E-state index in [2.05, 4.69) is 9.67 Å². The number of aromatic nitrogens is 1. The van der Waals surface area contributed by atoms with Crippen LogP contribution < -0.4 is 5.01 Å². The molecule has 35 heavy (non-hydrogen) atoms. The molecule has 0 saturated heterocycles. The Hall–Kier alpha value is -3.87. The second-order valence-corrected chi connectivity index (χ2v) is 9.01. The molecular weight excluding hydrogens is 485 g/mol. The van der Waals surface area contributed by atoms with Crippen molar-refractivity contribution >= 4 is 63.5 Å². The molecule has 0 saturated carbocycles. The summed E-state index contributed by atoms with van der Waals surface area (Å²) in [6.07, 6.45) is 3.82. The maximum absolute atomic E-state index is 13.3. The van der Waals surface area contributed by atoms with Crippen LogP contribution in [-0.4, -0.2) is 27.3 Å². The van der Waals surface area contributed by atoms with E-state index >= 15 is 0 Å². The van der Waals surface area contributed by atoms with E-state index < -0.39 is 5.97 Å². The standard InChI is InChI=1S/C27H19Cl2N3O3/c1-16-22(26(33)32(30-16)20-6-4-5-18(12-20)27(34)35)13-19-15-31(25-8-3-2-7-21(19)25)14-17-9-10-23(28)24(29)11-17/h2-13,15H,14H2,1H3,(H,34,35)/b22-13-. The lowest BCUT2D eigenvalue weighted by molar-refractivity contribution is -0.114. The number of carboxylic acid groups (broad SMARTS) is 1. The van der Waals surface area contributed by atoms with Gasteiger partial charge in [-0.15, -0.1) is 0 Å². The molecule has 1 N–H and O–H groups in total. The lowest BCUT2D eigenvalue weighted by Gasteiger charge is -2.12. The third kappa shape index (κ3) is 4.34. The number of amides is 1.